The lowest BCUT2D eigenvalue weighted by atomic mass is 10.1. The molecule has 1 aromatic rings. The van der Waals surface area contributed by atoms with Gasteiger partial charge in [-0.2, -0.15) is 0 Å². The van der Waals surface area contributed by atoms with Crippen LogP contribution in [0.25, 0.3) is 0 Å². The molecule has 0 radical (unpaired) electrons. The number of carbonyl (C=O) groups is 1. The number of hydrogen-bond donors (Lipinski definition) is 1. The van der Waals surface area contributed by atoms with Crippen molar-refractivity contribution in [3.63, 3.8) is 0 Å². The maximum atomic E-state index is 12.2. The molecule has 98 valence electrons. The molecule has 0 bridgehead atoms. The third-order valence-electron chi connectivity index (χ3n) is 3.03. The predicted octanol–water partition coefficient (Wildman–Crippen LogP) is 2.16. The Hall–Kier alpha value is -1.07. The molecule has 5 heteroatoms. The van der Waals surface area contributed by atoms with Crippen LogP contribution in [0.15, 0.2) is 22.7 Å². The van der Waals surface area contributed by atoms with Gasteiger partial charge in [-0.15, -0.1) is 0 Å². The van der Waals surface area contributed by atoms with Crippen molar-refractivity contribution in [2.75, 3.05) is 37.4 Å². The Labute approximate surface area is 116 Å². The van der Waals surface area contributed by atoms with Crippen LogP contribution in [0.1, 0.15) is 6.92 Å². The lowest BCUT2D eigenvalue weighted by molar-refractivity contribution is -0.119. The average molecular weight is 312 g/mol. The fourth-order valence-corrected chi connectivity index (χ4v) is 2.40. The summed E-state index contributed by atoms with van der Waals surface area (Å²) in [4.78, 5) is 16.2. The van der Waals surface area contributed by atoms with E-state index in [4.69, 9.17) is 0 Å². The summed E-state index contributed by atoms with van der Waals surface area (Å²) in [5, 5.41) is 3.23. The van der Waals surface area contributed by atoms with Crippen molar-refractivity contribution >= 4 is 33.2 Å². The van der Waals surface area contributed by atoms with Crippen molar-refractivity contribution in [2.24, 2.45) is 0 Å². The van der Waals surface area contributed by atoms with E-state index in [1.165, 1.54) is 0 Å². The van der Waals surface area contributed by atoms with Gasteiger partial charge in [-0.3, -0.25) is 4.79 Å². The molecule has 1 aromatic carbocycles. The molecule has 2 rings (SSSR count). The number of hydrogen-bond acceptors (Lipinski definition) is 3. The van der Waals surface area contributed by atoms with Crippen molar-refractivity contribution in [1.29, 1.82) is 0 Å². The molecule has 0 spiro atoms. The molecular formula is C13H18BrN3O. The molecule has 0 fully saturated rings. The Morgan fingerprint density at radius 3 is 2.83 bits per heavy atom. The first-order chi connectivity index (χ1) is 8.49. The third-order valence-corrected chi connectivity index (χ3v) is 3.52. The second-order valence-electron chi connectivity index (χ2n) is 4.82. The van der Waals surface area contributed by atoms with Gasteiger partial charge in [0.15, 0.2) is 0 Å². The second kappa shape index (κ2) is 5.28. The van der Waals surface area contributed by atoms with E-state index in [0.717, 1.165) is 22.4 Å². The molecular weight excluding hydrogens is 294 g/mol. The minimum atomic E-state index is -0.172. The van der Waals surface area contributed by atoms with E-state index in [1.807, 2.05) is 44.1 Å². The predicted molar refractivity (Wildman–Crippen MR) is 78.1 cm³/mol. The van der Waals surface area contributed by atoms with Crippen molar-refractivity contribution < 1.29 is 4.79 Å². The SMILES string of the molecule is CC1Nc2cc(Br)ccc2N(CCN(C)C)C1=O. The molecule has 0 aromatic heterocycles. The molecule has 4 nitrogen and oxygen atoms in total. The van der Waals surface area contributed by atoms with E-state index in [-0.39, 0.29) is 11.9 Å². The maximum Gasteiger partial charge on any atom is 0.249 e. The molecule has 1 aliphatic heterocycles. The first-order valence-corrected chi connectivity index (χ1v) is 6.80. The van der Waals surface area contributed by atoms with E-state index in [2.05, 4.69) is 26.1 Å². The Bertz CT molecular complexity index is 462. The fraction of sp³-hybridized carbons (Fsp3) is 0.462. The first-order valence-electron chi connectivity index (χ1n) is 6.01. The van der Waals surface area contributed by atoms with Crippen LogP contribution in [0.2, 0.25) is 0 Å². The quantitative estimate of drug-likeness (QED) is 0.929. The number of nitrogens with one attached hydrogen (secondary N) is 1. The van der Waals surface area contributed by atoms with Crippen LogP contribution in [0.3, 0.4) is 0 Å². The van der Waals surface area contributed by atoms with Crippen molar-refractivity contribution in [3.05, 3.63) is 22.7 Å². The largest absolute Gasteiger partial charge is 0.372 e. The van der Waals surface area contributed by atoms with Crippen LogP contribution in [0, 0.1) is 0 Å². The highest BCUT2D eigenvalue weighted by Gasteiger charge is 2.29. The summed E-state index contributed by atoms with van der Waals surface area (Å²) in [6, 6.07) is 5.79. The molecule has 0 aliphatic carbocycles. The van der Waals surface area contributed by atoms with Crippen LogP contribution in [-0.2, 0) is 4.79 Å². The summed E-state index contributed by atoms with van der Waals surface area (Å²) in [5.41, 5.74) is 1.97. The number of halogens is 1. The van der Waals surface area contributed by atoms with Gasteiger partial charge in [-0.1, -0.05) is 15.9 Å². The number of likely N-dealkylation sites (N-methyl/N-ethyl adjacent to an activating group) is 1. The lowest BCUT2D eigenvalue weighted by Crippen LogP contribution is -2.47. The molecule has 0 saturated heterocycles. The molecule has 1 heterocycles. The van der Waals surface area contributed by atoms with Crippen LogP contribution in [-0.4, -0.2) is 44.0 Å². The van der Waals surface area contributed by atoms with E-state index in [1.54, 1.807) is 0 Å². The van der Waals surface area contributed by atoms with Gasteiger partial charge in [-0.25, -0.2) is 0 Å². The van der Waals surface area contributed by atoms with Crippen molar-refractivity contribution in [3.8, 4) is 0 Å². The third kappa shape index (κ3) is 2.67. The smallest absolute Gasteiger partial charge is 0.249 e. The highest BCUT2D eigenvalue weighted by Crippen LogP contribution is 2.33. The Kier molecular flexibility index (Phi) is 3.92. The number of rotatable bonds is 3. The fourth-order valence-electron chi connectivity index (χ4n) is 2.04. The zero-order valence-corrected chi connectivity index (χ0v) is 12.5. The topological polar surface area (TPSA) is 35.6 Å². The highest BCUT2D eigenvalue weighted by molar-refractivity contribution is 9.10. The van der Waals surface area contributed by atoms with Crippen LogP contribution < -0.4 is 10.2 Å². The summed E-state index contributed by atoms with van der Waals surface area (Å²) in [7, 11) is 4.02. The molecule has 1 atom stereocenters. The number of nitrogens with zero attached hydrogens (tertiary/aromatic N) is 2. The monoisotopic (exact) mass is 311 g/mol. The van der Waals surface area contributed by atoms with E-state index in [9.17, 15) is 4.79 Å². The van der Waals surface area contributed by atoms with Crippen LogP contribution >= 0.6 is 15.9 Å². The van der Waals surface area contributed by atoms with Crippen molar-refractivity contribution in [1.82, 2.24) is 4.90 Å². The zero-order valence-electron chi connectivity index (χ0n) is 10.9. The standard InChI is InChI=1S/C13H18BrN3O/c1-9-13(18)17(7-6-16(2)3)12-5-4-10(14)8-11(12)15-9/h4-5,8-9,15H,6-7H2,1-3H3. The Morgan fingerprint density at radius 2 is 2.17 bits per heavy atom. The first kappa shape index (κ1) is 13.4. The summed E-state index contributed by atoms with van der Waals surface area (Å²) < 4.78 is 1.02. The molecule has 1 N–H and O–H groups in total. The summed E-state index contributed by atoms with van der Waals surface area (Å²) in [6.45, 7) is 3.47. The summed E-state index contributed by atoms with van der Waals surface area (Å²) in [5.74, 6) is 0.131. The van der Waals surface area contributed by atoms with Gasteiger partial charge in [0.1, 0.15) is 6.04 Å². The van der Waals surface area contributed by atoms with Gasteiger partial charge in [-0.05, 0) is 39.2 Å². The van der Waals surface area contributed by atoms with E-state index < -0.39 is 0 Å². The number of carbonyl (C=O) groups excluding carboxylic acids is 1. The highest BCUT2D eigenvalue weighted by atomic mass is 79.9. The van der Waals surface area contributed by atoms with Gasteiger partial charge < -0.3 is 15.1 Å². The molecule has 1 aliphatic rings. The Balaban J connectivity index is 2.30. The summed E-state index contributed by atoms with van der Waals surface area (Å²) >= 11 is 3.46. The van der Waals surface area contributed by atoms with Crippen LogP contribution in [0.4, 0.5) is 11.4 Å². The lowest BCUT2D eigenvalue weighted by Gasteiger charge is -2.34. The van der Waals surface area contributed by atoms with E-state index in [0.29, 0.717) is 6.54 Å². The van der Waals surface area contributed by atoms with Gasteiger partial charge in [0, 0.05) is 17.6 Å². The van der Waals surface area contributed by atoms with Gasteiger partial charge in [0.25, 0.3) is 0 Å². The number of amides is 1. The van der Waals surface area contributed by atoms with Crippen molar-refractivity contribution in [2.45, 2.75) is 13.0 Å². The van der Waals surface area contributed by atoms with Gasteiger partial charge in [0.2, 0.25) is 5.91 Å². The average Bonchev–Trinajstić information content (AvgIpc) is 2.29. The van der Waals surface area contributed by atoms with Gasteiger partial charge >= 0.3 is 0 Å². The minimum Gasteiger partial charge on any atom is -0.372 e. The second-order valence-corrected chi connectivity index (χ2v) is 5.74. The molecule has 0 saturated carbocycles. The number of benzene rings is 1. The molecule has 1 amide bonds. The molecule has 18 heavy (non-hydrogen) atoms. The Morgan fingerprint density at radius 1 is 1.44 bits per heavy atom. The molecule has 1 unspecified atom stereocenters. The van der Waals surface area contributed by atoms with Crippen LogP contribution in [0.5, 0.6) is 0 Å². The summed E-state index contributed by atoms with van der Waals surface area (Å²) in [6.07, 6.45) is 0. The van der Waals surface area contributed by atoms with Gasteiger partial charge in [0.05, 0.1) is 11.4 Å². The number of fused-ring (bicyclic) bond motifs is 1. The maximum absolute atomic E-state index is 12.2. The number of anilines is 2. The minimum absolute atomic E-state index is 0.131. The normalized spacial score (nSPS) is 18.8. The zero-order chi connectivity index (χ0) is 13.3. The van der Waals surface area contributed by atoms with E-state index >= 15 is 0 Å².